The van der Waals surface area contributed by atoms with Gasteiger partial charge in [0, 0.05) is 43.6 Å². The van der Waals surface area contributed by atoms with Gasteiger partial charge in [-0.1, -0.05) is 12.1 Å². The summed E-state index contributed by atoms with van der Waals surface area (Å²) in [5.74, 6) is 0.224. The Hall–Kier alpha value is -3.06. The molecule has 1 fully saturated rings. The fourth-order valence-electron chi connectivity index (χ4n) is 3.50. The van der Waals surface area contributed by atoms with Gasteiger partial charge in [-0.15, -0.1) is 0 Å². The Kier molecular flexibility index (Phi) is 7.65. The molecule has 35 heavy (non-hydrogen) atoms. The zero-order chi connectivity index (χ0) is 24.9. The van der Waals surface area contributed by atoms with Crippen molar-refractivity contribution in [2.45, 2.75) is 11.1 Å². The van der Waals surface area contributed by atoms with E-state index in [9.17, 15) is 21.6 Å². The van der Waals surface area contributed by atoms with Gasteiger partial charge in [-0.3, -0.25) is 4.90 Å². The molecule has 0 saturated carbocycles. The molecule has 2 aromatic carbocycles. The Bertz CT molecular complexity index is 1230. The molecular weight excluding hydrogens is 483 g/mol. The first-order chi connectivity index (χ1) is 16.7. The summed E-state index contributed by atoms with van der Waals surface area (Å²) in [6.07, 6.45) is -2.92. The Balaban J connectivity index is 1.37. The average Bonchev–Trinajstić information content (AvgIpc) is 2.85. The van der Waals surface area contributed by atoms with E-state index in [1.54, 1.807) is 18.2 Å². The molecule has 0 bridgehead atoms. The second-order valence-electron chi connectivity index (χ2n) is 7.84. The summed E-state index contributed by atoms with van der Waals surface area (Å²) >= 11 is 0. The number of anilines is 2. The average molecular weight is 508 g/mol. The molecular formula is C23H24F3N5O3S. The highest BCUT2D eigenvalue weighted by molar-refractivity contribution is 7.89. The number of morpholine rings is 1. The standard InChI is InChI=1S/C23H24F3N5O3S/c24-23(25,26)18-3-1-17(2-4-18)21-9-10-27-22(30-21)29-19-5-7-20(8-6-19)35(32,33)28-11-12-31-13-15-34-16-14-31/h1-10,28H,11-16H2,(H,27,29,30). The van der Waals surface area contributed by atoms with Gasteiger partial charge in [-0.05, 0) is 42.5 Å². The van der Waals surface area contributed by atoms with E-state index in [-0.39, 0.29) is 10.8 Å². The molecule has 1 aromatic heterocycles. The second kappa shape index (κ2) is 10.7. The molecule has 0 unspecified atom stereocenters. The fraction of sp³-hybridized carbons (Fsp3) is 0.304. The van der Waals surface area contributed by atoms with E-state index in [2.05, 4.69) is 24.9 Å². The number of ether oxygens (including phenoxy) is 1. The minimum atomic E-state index is -4.41. The maximum atomic E-state index is 12.8. The lowest BCUT2D eigenvalue weighted by molar-refractivity contribution is -0.137. The number of alkyl halides is 3. The number of benzene rings is 2. The SMILES string of the molecule is O=S(=O)(NCCN1CCOCC1)c1ccc(Nc2nccc(-c3ccc(C(F)(F)F)cc3)n2)cc1. The third-order valence-corrected chi connectivity index (χ3v) is 6.89. The highest BCUT2D eigenvalue weighted by Gasteiger charge is 2.30. The predicted molar refractivity (Wildman–Crippen MR) is 125 cm³/mol. The van der Waals surface area contributed by atoms with Crippen LogP contribution >= 0.6 is 0 Å². The van der Waals surface area contributed by atoms with Crippen LogP contribution in [0.3, 0.4) is 0 Å². The van der Waals surface area contributed by atoms with E-state index in [0.29, 0.717) is 43.2 Å². The van der Waals surface area contributed by atoms with Gasteiger partial charge < -0.3 is 10.1 Å². The molecule has 0 aliphatic carbocycles. The van der Waals surface area contributed by atoms with Crippen molar-refractivity contribution in [1.29, 1.82) is 0 Å². The van der Waals surface area contributed by atoms with Gasteiger partial charge in [0.2, 0.25) is 16.0 Å². The van der Waals surface area contributed by atoms with Crippen molar-refractivity contribution >= 4 is 21.7 Å². The lowest BCUT2D eigenvalue weighted by Crippen LogP contribution is -2.41. The van der Waals surface area contributed by atoms with Gasteiger partial charge in [0.1, 0.15) is 0 Å². The lowest BCUT2D eigenvalue weighted by atomic mass is 10.1. The number of rotatable bonds is 8. The van der Waals surface area contributed by atoms with Crippen molar-refractivity contribution in [1.82, 2.24) is 19.6 Å². The van der Waals surface area contributed by atoms with Crippen LogP contribution in [0.4, 0.5) is 24.8 Å². The largest absolute Gasteiger partial charge is 0.416 e. The van der Waals surface area contributed by atoms with Crippen LogP contribution in [0.25, 0.3) is 11.3 Å². The molecule has 8 nitrogen and oxygen atoms in total. The molecule has 1 aliphatic heterocycles. The van der Waals surface area contributed by atoms with E-state index in [1.807, 2.05) is 0 Å². The van der Waals surface area contributed by atoms with Crippen LogP contribution in [0.5, 0.6) is 0 Å². The number of hydrogen-bond acceptors (Lipinski definition) is 7. The monoisotopic (exact) mass is 507 g/mol. The highest BCUT2D eigenvalue weighted by Crippen LogP contribution is 2.30. The predicted octanol–water partition coefficient (Wildman–Crippen LogP) is 3.52. The van der Waals surface area contributed by atoms with Crippen LogP contribution in [0.1, 0.15) is 5.56 Å². The summed E-state index contributed by atoms with van der Waals surface area (Å²) in [6, 6.07) is 12.4. The van der Waals surface area contributed by atoms with Crippen molar-refractivity contribution in [3.8, 4) is 11.3 Å². The van der Waals surface area contributed by atoms with Gasteiger partial charge in [-0.25, -0.2) is 23.1 Å². The van der Waals surface area contributed by atoms with Gasteiger partial charge in [0.25, 0.3) is 0 Å². The third kappa shape index (κ3) is 6.75. The first-order valence-corrected chi connectivity index (χ1v) is 12.4. The minimum absolute atomic E-state index is 0.129. The molecule has 0 amide bonds. The van der Waals surface area contributed by atoms with Gasteiger partial charge >= 0.3 is 6.18 Å². The molecule has 0 spiro atoms. The lowest BCUT2D eigenvalue weighted by Gasteiger charge is -2.26. The van der Waals surface area contributed by atoms with Gasteiger partial charge in [0.15, 0.2) is 0 Å². The third-order valence-electron chi connectivity index (χ3n) is 5.41. The van der Waals surface area contributed by atoms with E-state index < -0.39 is 21.8 Å². The van der Waals surface area contributed by atoms with Crippen molar-refractivity contribution in [3.63, 3.8) is 0 Å². The van der Waals surface area contributed by atoms with Crippen molar-refractivity contribution in [2.24, 2.45) is 0 Å². The maximum absolute atomic E-state index is 12.8. The van der Waals surface area contributed by atoms with Crippen LogP contribution in [-0.2, 0) is 20.9 Å². The van der Waals surface area contributed by atoms with Gasteiger partial charge in [0.05, 0.1) is 29.4 Å². The van der Waals surface area contributed by atoms with E-state index in [0.717, 1.165) is 25.2 Å². The van der Waals surface area contributed by atoms with Crippen LogP contribution in [0, 0.1) is 0 Å². The van der Waals surface area contributed by atoms with E-state index in [4.69, 9.17) is 4.74 Å². The topological polar surface area (TPSA) is 96.5 Å². The number of nitrogens with zero attached hydrogens (tertiary/aromatic N) is 3. The van der Waals surface area contributed by atoms with Crippen molar-refractivity contribution in [3.05, 3.63) is 66.4 Å². The molecule has 4 rings (SSSR count). The van der Waals surface area contributed by atoms with Crippen LogP contribution < -0.4 is 10.0 Å². The first-order valence-electron chi connectivity index (χ1n) is 10.9. The van der Waals surface area contributed by atoms with E-state index in [1.165, 1.54) is 30.5 Å². The maximum Gasteiger partial charge on any atom is 0.416 e. The van der Waals surface area contributed by atoms with Crippen LogP contribution in [0.2, 0.25) is 0 Å². The Morgan fingerprint density at radius 3 is 2.31 bits per heavy atom. The summed E-state index contributed by atoms with van der Waals surface area (Å²) in [6.45, 7) is 3.77. The number of hydrogen-bond donors (Lipinski definition) is 2. The zero-order valence-corrected chi connectivity index (χ0v) is 19.4. The summed E-state index contributed by atoms with van der Waals surface area (Å²) in [7, 11) is -3.65. The Morgan fingerprint density at radius 2 is 1.66 bits per heavy atom. The summed E-state index contributed by atoms with van der Waals surface area (Å²) < 4.78 is 71.4. The molecule has 12 heteroatoms. The number of aromatic nitrogens is 2. The summed E-state index contributed by atoms with van der Waals surface area (Å²) in [4.78, 5) is 10.7. The smallest absolute Gasteiger partial charge is 0.379 e. The molecule has 1 aliphatic rings. The Morgan fingerprint density at radius 1 is 0.971 bits per heavy atom. The number of nitrogens with one attached hydrogen (secondary N) is 2. The highest BCUT2D eigenvalue weighted by atomic mass is 32.2. The molecule has 0 atom stereocenters. The molecule has 2 heterocycles. The first kappa shape index (κ1) is 25.0. The minimum Gasteiger partial charge on any atom is -0.379 e. The van der Waals surface area contributed by atoms with Gasteiger partial charge in [-0.2, -0.15) is 13.2 Å². The molecule has 3 aromatic rings. The summed E-state index contributed by atoms with van der Waals surface area (Å²) in [5, 5.41) is 2.98. The van der Waals surface area contributed by atoms with E-state index >= 15 is 0 Å². The number of halogens is 3. The quantitative estimate of drug-likeness (QED) is 0.482. The zero-order valence-electron chi connectivity index (χ0n) is 18.6. The molecule has 0 radical (unpaired) electrons. The molecule has 2 N–H and O–H groups in total. The van der Waals surface area contributed by atoms with Crippen LogP contribution in [0.15, 0.2) is 65.7 Å². The number of sulfonamides is 1. The van der Waals surface area contributed by atoms with Crippen LogP contribution in [-0.4, -0.2) is 62.7 Å². The summed E-state index contributed by atoms with van der Waals surface area (Å²) in [5.41, 5.74) is 0.772. The fourth-order valence-corrected chi connectivity index (χ4v) is 4.52. The molecule has 186 valence electrons. The van der Waals surface area contributed by atoms with Crippen molar-refractivity contribution < 1.29 is 26.3 Å². The Labute approximate surface area is 201 Å². The second-order valence-corrected chi connectivity index (χ2v) is 9.61. The normalized spacial score (nSPS) is 15.2. The molecule has 1 saturated heterocycles. The van der Waals surface area contributed by atoms with Crippen molar-refractivity contribution in [2.75, 3.05) is 44.7 Å².